The van der Waals surface area contributed by atoms with E-state index in [1.165, 1.54) is 60.8 Å². The molecule has 7 aromatic rings. The lowest BCUT2D eigenvalue weighted by Crippen LogP contribution is -2.09. The Morgan fingerprint density at radius 1 is 0.459 bits per heavy atom. The van der Waals surface area contributed by atoms with Gasteiger partial charge in [-0.05, 0) is 70.4 Å². The minimum atomic E-state index is 1.17. The van der Waals surface area contributed by atoms with E-state index in [1.807, 2.05) is 0 Å². The highest BCUT2D eigenvalue weighted by molar-refractivity contribution is 6.09. The van der Waals surface area contributed by atoms with Crippen LogP contribution in [0.4, 0.5) is 11.4 Å². The first-order valence-corrected chi connectivity index (χ1v) is 12.7. The van der Waals surface area contributed by atoms with Crippen LogP contribution >= 0.6 is 0 Å². The van der Waals surface area contributed by atoms with Gasteiger partial charge < -0.3 is 9.47 Å². The van der Waals surface area contributed by atoms with Gasteiger partial charge in [-0.25, -0.2) is 0 Å². The molecule has 7 rings (SSSR count). The van der Waals surface area contributed by atoms with Crippen molar-refractivity contribution in [2.75, 3.05) is 11.9 Å². The number of rotatable bonds is 4. The molecule has 1 aromatic heterocycles. The van der Waals surface area contributed by atoms with Crippen molar-refractivity contribution in [2.24, 2.45) is 0 Å². The van der Waals surface area contributed by atoms with Crippen molar-refractivity contribution >= 4 is 44.0 Å². The second kappa shape index (κ2) is 8.69. The van der Waals surface area contributed by atoms with Gasteiger partial charge in [0, 0.05) is 34.9 Å². The number of hydrogen-bond acceptors (Lipinski definition) is 1. The normalized spacial score (nSPS) is 11.4. The standard InChI is InChI=1S/C35H26N2/c1-36(31-23-18-25-8-2-3-9-28(25)24-31)29-19-14-26(15-20-29)27-16-21-30(22-17-27)37-34-12-6-4-10-32(34)33-11-5-7-13-35(33)37/h2-24H,1H3. The number of fused-ring (bicyclic) bond motifs is 4. The summed E-state index contributed by atoms with van der Waals surface area (Å²) < 4.78 is 2.36. The van der Waals surface area contributed by atoms with Gasteiger partial charge in [-0.2, -0.15) is 0 Å². The maximum absolute atomic E-state index is 2.36. The van der Waals surface area contributed by atoms with Crippen LogP contribution in [0.15, 0.2) is 140 Å². The third-order valence-electron chi connectivity index (χ3n) is 7.41. The highest BCUT2D eigenvalue weighted by atomic mass is 15.1. The van der Waals surface area contributed by atoms with Gasteiger partial charge in [0.25, 0.3) is 0 Å². The summed E-state index contributed by atoms with van der Waals surface area (Å²) in [5, 5.41) is 5.09. The van der Waals surface area contributed by atoms with Gasteiger partial charge in [-0.15, -0.1) is 0 Å². The Labute approximate surface area is 216 Å². The number of aromatic nitrogens is 1. The Kier molecular flexibility index (Phi) is 5.04. The van der Waals surface area contributed by atoms with Crippen LogP contribution in [0.1, 0.15) is 0 Å². The topological polar surface area (TPSA) is 8.17 Å². The average Bonchev–Trinajstić information content (AvgIpc) is 3.31. The van der Waals surface area contributed by atoms with Crippen LogP contribution in [-0.2, 0) is 0 Å². The fourth-order valence-corrected chi connectivity index (χ4v) is 5.42. The van der Waals surface area contributed by atoms with Crippen molar-refractivity contribution in [2.45, 2.75) is 0 Å². The molecule has 6 aromatic carbocycles. The van der Waals surface area contributed by atoms with Gasteiger partial charge in [-0.3, -0.25) is 0 Å². The molecule has 2 nitrogen and oxygen atoms in total. The summed E-state index contributed by atoms with van der Waals surface area (Å²) in [6.07, 6.45) is 0. The number of anilines is 2. The zero-order chi connectivity index (χ0) is 24.8. The molecule has 0 atom stereocenters. The largest absolute Gasteiger partial charge is 0.345 e. The van der Waals surface area contributed by atoms with Crippen LogP contribution in [0.2, 0.25) is 0 Å². The number of para-hydroxylation sites is 2. The Hall–Kier alpha value is -4.82. The molecular formula is C35H26N2. The van der Waals surface area contributed by atoms with E-state index in [-0.39, 0.29) is 0 Å². The van der Waals surface area contributed by atoms with Crippen LogP contribution in [0.5, 0.6) is 0 Å². The zero-order valence-electron chi connectivity index (χ0n) is 20.7. The van der Waals surface area contributed by atoms with Gasteiger partial charge in [-0.1, -0.05) is 91.0 Å². The molecule has 0 spiro atoms. The molecule has 0 radical (unpaired) electrons. The molecule has 37 heavy (non-hydrogen) atoms. The van der Waals surface area contributed by atoms with E-state index >= 15 is 0 Å². The Balaban J connectivity index is 1.19. The molecule has 0 aliphatic rings. The number of hydrogen-bond donors (Lipinski definition) is 0. The Bertz CT molecular complexity index is 1820. The van der Waals surface area contributed by atoms with Gasteiger partial charge in [0.2, 0.25) is 0 Å². The monoisotopic (exact) mass is 474 g/mol. The van der Waals surface area contributed by atoms with Crippen LogP contribution in [0.3, 0.4) is 0 Å². The zero-order valence-corrected chi connectivity index (χ0v) is 20.7. The van der Waals surface area contributed by atoms with Gasteiger partial charge >= 0.3 is 0 Å². The molecule has 176 valence electrons. The Morgan fingerprint density at radius 3 is 1.62 bits per heavy atom. The predicted octanol–water partition coefficient (Wildman–Crippen LogP) is 9.37. The van der Waals surface area contributed by atoms with Gasteiger partial charge in [0.1, 0.15) is 0 Å². The molecule has 0 fully saturated rings. The lowest BCUT2D eigenvalue weighted by molar-refractivity contribution is 1.18. The molecule has 0 bridgehead atoms. The third-order valence-corrected chi connectivity index (χ3v) is 7.41. The summed E-state index contributed by atoms with van der Waals surface area (Å²) in [6.45, 7) is 0. The van der Waals surface area contributed by atoms with Crippen molar-refractivity contribution in [3.05, 3.63) is 140 Å². The first kappa shape index (κ1) is 21.5. The first-order valence-electron chi connectivity index (χ1n) is 12.7. The maximum atomic E-state index is 2.36. The van der Waals surface area contributed by atoms with Crippen molar-refractivity contribution in [3.63, 3.8) is 0 Å². The summed E-state index contributed by atoms with van der Waals surface area (Å²) in [4.78, 5) is 2.24. The van der Waals surface area contributed by atoms with Crippen LogP contribution in [-0.4, -0.2) is 11.6 Å². The minimum Gasteiger partial charge on any atom is -0.345 e. The van der Waals surface area contributed by atoms with Crippen LogP contribution < -0.4 is 4.90 Å². The summed E-state index contributed by atoms with van der Waals surface area (Å²) in [5.74, 6) is 0. The SMILES string of the molecule is CN(c1ccc(-c2ccc(-n3c4ccccc4c4ccccc43)cc2)cc1)c1ccc2ccccc2c1. The highest BCUT2D eigenvalue weighted by Crippen LogP contribution is 2.33. The average molecular weight is 475 g/mol. The van der Waals surface area contributed by atoms with Crippen molar-refractivity contribution < 1.29 is 0 Å². The lowest BCUT2D eigenvalue weighted by atomic mass is 10.0. The third kappa shape index (κ3) is 3.66. The molecule has 0 N–H and O–H groups in total. The molecule has 0 saturated heterocycles. The smallest absolute Gasteiger partial charge is 0.0541 e. The van der Waals surface area contributed by atoms with E-state index in [4.69, 9.17) is 0 Å². The minimum absolute atomic E-state index is 1.17. The number of nitrogens with zero attached hydrogens (tertiary/aromatic N) is 2. The summed E-state index contributed by atoms with van der Waals surface area (Å²) in [5.41, 5.74) is 8.42. The molecule has 0 aliphatic heterocycles. The second-order valence-electron chi connectivity index (χ2n) is 9.55. The lowest BCUT2D eigenvalue weighted by Gasteiger charge is -2.20. The first-order chi connectivity index (χ1) is 18.3. The maximum Gasteiger partial charge on any atom is 0.0541 e. The summed E-state index contributed by atoms with van der Waals surface area (Å²) in [7, 11) is 2.12. The van der Waals surface area contributed by atoms with Gasteiger partial charge in [0.15, 0.2) is 0 Å². The van der Waals surface area contributed by atoms with E-state index in [1.54, 1.807) is 0 Å². The highest BCUT2D eigenvalue weighted by Gasteiger charge is 2.11. The van der Waals surface area contributed by atoms with Crippen molar-refractivity contribution in [1.82, 2.24) is 4.57 Å². The molecule has 0 unspecified atom stereocenters. The quantitative estimate of drug-likeness (QED) is 0.247. The van der Waals surface area contributed by atoms with Crippen molar-refractivity contribution in [1.29, 1.82) is 0 Å². The van der Waals surface area contributed by atoms with E-state index in [0.717, 1.165) is 0 Å². The molecular weight excluding hydrogens is 448 g/mol. The molecule has 1 heterocycles. The molecule has 0 aliphatic carbocycles. The summed E-state index contributed by atoms with van der Waals surface area (Å²) >= 11 is 0. The van der Waals surface area contributed by atoms with E-state index in [2.05, 4.69) is 156 Å². The Morgan fingerprint density at radius 2 is 0.973 bits per heavy atom. The number of benzene rings is 6. The fourth-order valence-electron chi connectivity index (χ4n) is 5.42. The van der Waals surface area contributed by atoms with Gasteiger partial charge in [0.05, 0.1) is 11.0 Å². The predicted molar refractivity (Wildman–Crippen MR) is 158 cm³/mol. The fraction of sp³-hybridized carbons (Fsp3) is 0.0286. The van der Waals surface area contributed by atoms with Crippen molar-refractivity contribution in [3.8, 4) is 16.8 Å². The van der Waals surface area contributed by atoms with Crippen LogP contribution in [0.25, 0.3) is 49.4 Å². The van der Waals surface area contributed by atoms with E-state index in [9.17, 15) is 0 Å². The van der Waals surface area contributed by atoms with E-state index in [0.29, 0.717) is 0 Å². The summed E-state index contributed by atoms with van der Waals surface area (Å²) in [6, 6.07) is 50.1. The van der Waals surface area contributed by atoms with E-state index < -0.39 is 0 Å². The molecule has 2 heteroatoms. The molecule has 0 saturated carbocycles. The van der Waals surface area contributed by atoms with Crippen LogP contribution in [0, 0.1) is 0 Å². The second-order valence-corrected chi connectivity index (χ2v) is 9.55. The molecule has 0 amide bonds.